The zero-order valence-electron chi connectivity index (χ0n) is 10.5. The van der Waals surface area contributed by atoms with Gasteiger partial charge in [0.1, 0.15) is 11.9 Å². The molecule has 1 aliphatic carbocycles. The van der Waals surface area contributed by atoms with Crippen LogP contribution < -0.4 is 4.90 Å². The van der Waals surface area contributed by atoms with Crippen LogP contribution in [0.25, 0.3) is 0 Å². The molecule has 0 amide bonds. The van der Waals surface area contributed by atoms with Crippen LogP contribution in [0.1, 0.15) is 37.7 Å². The second-order valence-corrected chi connectivity index (χ2v) is 5.19. The zero-order valence-corrected chi connectivity index (χ0v) is 10.5. The number of rotatable bonds is 1. The molecule has 1 saturated carbocycles. The lowest BCUT2D eigenvalue weighted by Gasteiger charge is -2.41. The summed E-state index contributed by atoms with van der Waals surface area (Å²) in [6, 6.07) is 5.95. The Bertz CT molecular complexity index is 489. The van der Waals surface area contributed by atoms with Gasteiger partial charge >= 0.3 is 0 Å². The third kappa shape index (κ3) is 1.78. The molecule has 92 valence electrons. The van der Waals surface area contributed by atoms with Crippen molar-refractivity contribution in [3.05, 3.63) is 36.0 Å². The lowest BCUT2D eigenvalue weighted by Crippen LogP contribution is -2.46. The monoisotopic (exact) mass is 239 g/mol. The molecule has 0 unspecified atom stereocenters. The average Bonchev–Trinajstić information content (AvgIpc) is 2.83. The largest absolute Gasteiger partial charge is 0.344 e. The third-order valence-electron chi connectivity index (χ3n) is 4.13. The van der Waals surface area contributed by atoms with Crippen LogP contribution in [0.5, 0.6) is 0 Å². The van der Waals surface area contributed by atoms with Crippen LogP contribution in [0.2, 0.25) is 0 Å². The maximum atomic E-state index is 8.82. The molecule has 2 aliphatic rings. The molecule has 1 aromatic heterocycles. The first-order valence-corrected chi connectivity index (χ1v) is 6.66. The van der Waals surface area contributed by atoms with Gasteiger partial charge in [-0.25, -0.2) is 4.98 Å². The molecule has 0 bridgehead atoms. The SMILES string of the molecule is N#Cc1ccc(N2CC=CC23CCCCC3)nc1. The summed E-state index contributed by atoms with van der Waals surface area (Å²) >= 11 is 0. The van der Waals surface area contributed by atoms with Crippen LogP contribution in [0.4, 0.5) is 5.82 Å². The maximum absolute atomic E-state index is 8.82. The van der Waals surface area contributed by atoms with Crippen molar-refractivity contribution in [2.45, 2.75) is 37.6 Å². The second-order valence-electron chi connectivity index (χ2n) is 5.19. The first kappa shape index (κ1) is 11.3. The van der Waals surface area contributed by atoms with Crippen molar-refractivity contribution < 1.29 is 0 Å². The minimum atomic E-state index is 0.194. The number of hydrogen-bond acceptors (Lipinski definition) is 3. The standard InChI is InChI=1S/C15H17N3/c16-11-13-5-6-14(17-12-13)18-10-4-9-15(18)7-2-1-3-8-15/h4-6,9,12H,1-3,7-8,10H2. The molecule has 0 atom stereocenters. The second kappa shape index (κ2) is 4.45. The fraction of sp³-hybridized carbons (Fsp3) is 0.467. The summed E-state index contributed by atoms with van der Waals surface area (Å²) in [6.07, 6.45) is 12.7. The van der Waals surface area contributed by atoms with Gasteiger partial charge in [-0.15, -0.1) is 0 Å². The number of nitriles is 1. The van der Waals surface area contributed by atoms with Crippen LogP contribution in [-0.2, 0) is 0 Å². The van der Waals surface area contributed by atoms with E-state index in [1.807, 2.05) is 12.1 Å². The third-order valence-corrected chi connectivity index (χ3v) is 4.13. The van der Waals surface area contributed by atoms with Gasteiger partial charge in [-0.3, -0.25) is 0 Å². The van der Waals surface area contributed by atoms with E-state index in [9.17, 15) is 0 Å². The first-order chi connectivity index (χ1) is 8.84. The van der Waals surface area contributed by atoms with Crippen LogP contribution in [-0.4, -0.2) is 17.1 Å². The van der Waals surface area contributed by atoms with E-state index in [-0.39, 0.29) is 5.54 Å². The van der Waals surface area contributed by atoms with Gasteiger partial charge in [0.25, 0.3) is 0 Å². The van der Waals surface area contributed by atoms with Gasteiger partial charge in [0.2, 0.25) is 0 Å². The number of pyridine rings is 1. The van der Waals surface area contributed by atoms with E-state index in [4.69, 9.17) is 5.26 Å². The normalized spacial score (nSPS) is 21.2. The molecule has 3 nitrogen and oxygen atoms in total. The van der Waals surface area contributed by atoms with Gasteiger partial charge in [0, 0.05) is 12.7 Å². The Balaban J connectivity index is 1.89. The van der Waals surface area contributed by atoms with E-state index >= 15 is 0 Å². The molecule has 0 saturated heterocycles. The van der Waals surface area contributed by atoms with Crippen LogP contribution in [0.15, 0.2) is 30.5 Å². The Morgan fingerprint density at radius 3 is 2.72 bits per heavy atom. The zero-order chi connectivity index (χ0) is 12.4. The lowest BCUT2D eigenvalue weighted by atomic mass is 9.81. The van der Waals surface area contributed by atoms with Crippen molar-refractivity contribution in [1.82, 2.24) is 4.98 Å². The minimum Gasteiger partial charge on any atom is -0.344 e. The van der Waals surface area contributed by atoms with Crippen molar-refractivity contribution in [1.29, 1.82) is 5.26 Å². The summed E-state index contributed by atoms with van der Waals surface area (Å²) in [4.78, 5) is 6.84. The molecule has 3 rings (SSSR count). The van der Waals surface area contributed by atoms with E-state index in [1.54, 1.807) is 6.20 Å². The molecule has 3 heteroatoms. The van der Waals surface area contributed by atoms with E-state index in [2.05, 4.69) is 28.1 Å². The highest BCUT2D eigenvalue weighted by molar-refractivity contribution is 5.50. The summed E-state index contributed by atoms with van der Waals surface area (Å²) < 4.78 is 0. The smallest absolute Gasteiger partial charge is 0.129 e. The van der Waals surface area contributed by atoms with Gasteiger partial charge in [-0.1, -0.05) is 31.4 Å². The van der Waals surface area contributed by atoms with Crippen LogP contribution in [0, 0.1) is 11.3 Å². The maximum Gasteiger partial charge on any atom is 0.129 e. The lowest BCUT2D eigenvalue weighted by molar-refractivity contribution is 0.348. The van der Waals surface area contributed by atoms with E-state index in [1.165, 1.54) is 32.1 Å². The summed E-state index contributed by atoms with van der Waals surface area (Å²) in [5, 5.41) is 8.82. The molecule has 1 aliphatic heterocycles. The summed E-state index contributed by atoms with van der Waals surface area (Å²) in [5.41, 5.74) is 0.822. The summed E-state index contributed by atoms with van der Waals surface area (Å²) in [7, 11) is 0. The molecule has 1 fully saturated rings. The molecular formula is C15H17N3. The highest BCUT2D eigenvalue weighted by Crippen LogP contribution is 2.39. The Hall–Kier alpha value is -1.82. The van der Waals surface area contributed by atoms with Crippen LogP contribution in [0.3, 0.4) is 0 Å². The number of anilines is 1. The van der Waals surface area contributed by atoms with Gasteiger partial charge in [0.05, 0.1) is 11.1 Å². The predicted octanol–water partition coefficient (Wildman–Crippen LogP) is 3.03. The van der Waals surface area contributed by atoms with Gasteiger partial charge in [-0.05, 0) is 25.0 Å². The summed E-state index contributed by atoms with van der Waals surface area (Å²) in [5.74, 6) is 1.00. The van der Waals surface area contributed by atoms with Crippen molar-refractivity contribution in [3.8, 4) is 6.07 Å². The van der Waals surface area contributed by atoms with E-state index in [0.717, 1.165) is 12.4 Å². The molecule has 1 aromatic rings. The van der Waals surface area contributed by atoms with Crippen molar-refractivity contribution >= 4 is 5.82 Å². The Kier molecular flexibility index (Phi) is 2.79. The highest BCUT2D eigenvalue weighted by Gasteiger charge is 2.38. The summed E-state index contributed by atoms with van der Waals surface area (Å²) in [6.45, 7) is 0.943. The Labute approximate surface area is 108 Å². The predicted molar refractivity (Wildman–Crippen MR) is 71.3 cm³/mol. The van der Waals surface area contributed by atoms with Crippen molar-refractivity contribution in [3.63, 3.8) is 0 Å². The van der Waals surface area contributed by atoms with Gasteiger partial charge in [0.15, 0.2) is 0 Å². The molecule has 1 spiro atoms. The fourth-order valence-electron chi connectivity index (χ4n) is 3.18. The number of hydrogen-bond donors (Lipinski definition) is 0. The molecular weight excluding hydrogens is 222 g/mol. The average molecular weight is 239 g/mol. The molecule has 0 N–H and O–H groups in total. The topological polar surface area (TPSA) is 39.9 Å². The first-order valence-electron chi connectivity index (χ1n) is 6.66. The van der Waals surface area contributed by atoms with Crippen LogP contribution >= 0.6 is 0 Å². The van der Waals surface area contributed by atoms with E-state index in [0.29, 0.717) is 5.56 Å². The molecule has 0 radical (unpaired) electrons. The Morgan fingerprint density at radius 2 is 2.06 bits per heavy atom. The fourth-order valence-corrected chi connectivity index (χ4v) is 3.18. The quantitative estimate of drug-likeness (QED) is 0.707. The van der Waals surface area contributed by atoms with Gasteiger partial charge < -0.3 is 4.90 Å². The van der Waals surface area contributed by atoms with Crippen molar-refractivity contribution in [2.24, 2.45) is 0 Å². The van der Waals surface area contributed by atoms with Gasteiger partial charge in [-0.2, -0.15) is 5.26 Å². The molecule has 2 heterocycles. The molecule has 0 aromatic carbocycles. The highest BCUT2D eigenvalue weighted by atomic mass is 15.3. The van der Waals surface area contributed by atoms with Crippen molar-refractivity contribution in [2.75, 3.05) is 11.4 Å². The number of nitrogens with zero attached hydrogens (tertiary/aromatic N) is 3. The molecule has 18 heavy (non-hydrogen) atoms. The minimum absolute atomic E-state index is 0.194. The number of aromatic nitrogens is 1. The Morgan fingerprint density at radius 1 is 1.22 bits per heavy atom. The van der Waals surface area contributed by atoms with E-state index < -0.39 is 0 Å².